The minimum absolute atomic E-state index is 0.0526. The van der Waals surface area contributed by atoms with E-state index in [0.717, 1.165) is 44.1 Å². The molecule has 3 saturated heterocycles. The van der Waals surface area contributed by atoms with Gasteiger partial charge in [0.15, 0.2) is 6.29 Å². The summed E-state index contributed by atoms with van der Waals surface area (Å²) in [5.41, 5.74) is -0.917. The van der Waals surface area contributed by atoms with Crippen LogP contribution >= 0.6 is 0 Å². The fourth-order valence-corrected chi connectivity index (χ4v) is 12.8. The lowest BCUT2D eigenvalue weighted by molar-refractivity contribution is -0.342. The third-order valence-corrected chi connectivity index (χ3v) is 16.0. The van der Waals surface area contributed by atoms with Crippen molar-refractivity contribution >= 4 is 5.97 Å². The van der Waals surface area contributed by atoms with Gasteiger partial charge in [-0.3, -0.25) is 4.79 Å². The summed E-state index contributed by atoms with van der Waals surface area (Å²) >= 11 is 0. The summed E-state index contributed by atoms with van der Waals surface area (Å²) in [6.07, 6.45) is -13.4. The monoisotopic (exact) mass is 846 g/mol. The predicted molar refractivity (Wildman–Crippen MR) is 201 cm³/mol. The van der Waals surface area contributed by atoms with E-state index in [-0.39, 0.29) is 42.5 Å². The third kappa shape index (κ3) is 7.74. The van der Waals surface area contributed by atoms with Gasteiger partial charge in [-0.25, -0.2) is 0 Å². The van der Waals surface area contributed by atoms with Gasteiger partial charge in [0.2, 0.25) is 0 Å². The highest BCUT2D eigenvalue weighted by molar-refractivity contribution is 5.75. The van der Waals surface area contributed by atoms with Crippen LogP contribution in [0.25, 0.3) is 0 Å². The second-order valence-corrected chi connectivity index (χ2v) is 19.1. The molecule has 3 heterocycles. The van der Waals surface area contributed by atoms with Gasteiger partial charge in [0.25, 0.3) is 0 Å². The minimum atomic E-state index is -1.81. The Hall–Kier alpha value is -1.43. The fourth-order valence-electron chi connectivity index (χ4n) is 12.8. The van der Waals surface area contributed by atoms with Crippen molar-refractivity contribution in [2.75, 3.05) is 39.6 Å². The van der Waals surface area contributed by atoms with E-state index in [1.165, 1.54) is 0 Å². The Morgan fingerprint density at radius 1 is 0.695 bits per heavy atom. The van der Waals surface area contributed by atoms with Crippen molar-refractivity contribution in [3.8, 4) is 0 Å². The molecule has 59 heavy (non-hydrogen) atoms. The molecule has 1 spiro atoms. The summed E-state index contributed by atoms with van der Waals surface area (Å²) in [6.45, 7) is 5.88. The minimum Gasteiger partial charge on any atom is -0.481 e. The van der Waals surface area contributed by atoms with Crippen molar-refractivity contribution in [1.82, 2.24) is 0 Å². The van der Waals surface area contributed by atoms with Gasteiger partial charge in [-0.15, -0.1) is 0 Å². The van der Waals surface area contributed by atoms with Gasteiger partial charge >= 0.3 is 5.97 Å². The zero-order valence-corrected chi connectivity index (χ0v) is 33.9. The first-order chi connectivity index (χ1) is 27.9. The Morgan fingerprint density at radius 2 is 1.29 bits per heavy atom. The van der Waals surface area contributed by atoms with Gasteiger partial charge in [0.1, 0.15) is 67.1 Å². The van der Waals surface area contributed by atoms with E-state index in [9.17, 15) is 61.0 Å². The number of rotatable bonds is 13. The zero-order chi connectivity index (χ0) is 42.8. The van der Waals surface area contributed by atoms with Gasteiger partial charge in [-0.2, -0.15) is 0 Å². The average molecular weight is 847 g/mol. The molecule has 4 saturated carbocycles. The molecule has 0 aromatic carbocycles. The molecule has 21 atom stereocenters. The molecule has 2 bridgehead atoms. The highest BCUT2D eigenvalue weighted by Crippen LogP contribution is 2.73. The summed E-state index contributed by atoms with van der Waals surface area (Å²) in [6, 6.07) is 0. The van der Waals surface area contributed by atoms with E-state index in [0.29, 0.717) is 19.3 Å². The number of hydrogen-bond donors (Lipinski definition) is 11. The smallest absolute Gasteiger partial charge is 0.309 e. The molecule has 0 radical (unpaired) electrons. The van der Waals surface area contributed by atoms with E-state index in [1.54, 1.807) is 0 Å². The number of fused-ring (bicyclic) bond motifs is 3. The first kappa shape index (κ1) is 45.6. The van der Waals surface area contributed by atoms with Gasteiger partial charge in [0, 0.05) is 5.92 Å². The van der Waals surface area contributed by atoms with Gasteiger partial charge < -0.3 is 84.6 Å². The molecule has 0 aromatic heterocycles. The van der Waals surface area contributed by atoms with Crippen molar-refractivity contribution in [3.05, 3.63) is 12.2 Å². The van der Waals surface area contributed by atoms with E-state index in [4.69, 9.17) is 28.4 Å². The van der Waals surface area contributed by atoms with Gasteiger partial charge in [-0.05, 0) is 86.5 Å². The van der Waals surface area contributed by atoms with Crippen LogP contribution < -0.4 is 0 Å². The number of aliphatic carboxylic acids is 1. The summed E-state index contributed by atoms with van der Waals surface area (Å²) in [5.74, 6) is -1.47. The number of ether oxygens (including phenoxy) is 6. The maximum absolute atomic E-state index is 12.6. The molecular formula is C41H66O18. The zero-order valence-electron chi connectivity index (χ0n) is 33.9. The van der Waals surface area contributed by atoms with E-state index in [2.05, 4.69) is 13.5 Å². The molecule has 7 fully saturated rings. The highest BCUT2D eigenvalue weighted by atomic mass is 16.7. The van der Waals surface area contributed by atoms with Crippen molar-refractivity contribution < 1.29 is 89.4 Å². The van der Waals surface area contributed by atoms with Crippen molar-refractivity contribution in [2.45, 2.75) is 163 Å². The average Bonchev–Trinajstić information content (AvgIpc) is 3.41. The molecule has 0 amide bonds. The number of hydrogen-bond acceptors (Lipinski definition) is 17. The number of aliphatic hydroxyl groups is 10. The Balaban J connectivity index is 1.12. The van der Waals surface area contributed by atoms with Crippen LogP contribution in [0.1, 0.15) is 71.6 Å². The van der Waals surface area contributed by atoms with Crippen LogP contribution in [0, 0.1) is 34.0 Å². The van der Waals surface area contributed by atoms with Crippen LogP contribution in [0.15, 0.2) is 12.2 Å². The molecule has 338 valence electrons. The van der Waals surface area contributed by atoms with Crippen LogP contribution in [0.2, 0.25) is 0 Å². The van der Waals surface area contributed by atoms with E-state index in [1.807, 2.05) is 6.92 Å². The Kier molecular flexibility index (Phi) is 13.3. The van der Waals surface area contributed by atoms with Gasteiger partial charge in [-0.1, -0.05) is 19.9 Å². The number of carboxylic acid groups (broad SMARTS) is 1. The molecule has 18 nitrogen and oxygen atoms in total. The maximum Gasteiger partial charge on any atom is 0.309 e. The molecule has 7 rings (SSSR count). The van der Waals surface area contributed by atoms with Crippen LogP contribution in [0.4, 0.5) is 0 Å². The Bertz CT molecular complexity index is 1500. The molecule has 3 aliphatic heterocycles. The van der Waals surface area contributed by atoms with E-state index < -0.39 is 128 Å². The summed E-state index contributed by atoms with van der Waals surface area (Å²) in [5, 5.41) is 115. The summed E-state index contributed by atoms with van der Waals surface area (Å²) < 4.78 is 36.7. The van der Waals surface area contributed by atoms with Crippen LogP contribution in [-0.2, 0) is 33.2 Å². The first-order valence-electron chi connectivity index (χ1n) is 21.2. The lowest BCUT2D eigenvalue weighted by atomic mass is 9.41. The second-order valence-electron chi connectivity index (χ2n) is 19.1. The summed E-state index contributed by atoms with van der Waals surface area (Å²) in [4.78, 5) is 12.6. The topological polar surface area (TPSA) is 295 Å². The SMILES string of the molecule is C=C1C[C@@]23CCC4[C@](C)(C(=O)O)CCC[C@@]4(C)[C@@H]2CC[C@]1(OC[C@@H]1OC(CO)[C@@H](O)[C@@H](COC[C@@H]2OC(CO)[C@@H](O)[C@@H](O)C2O)C1O[C@@H]1OC(CO)[C@@H](O)[C@@H](O)C1O)C3. The van der Waals surface area contributed by atoms with E-state index >= 15 is 0 Å². The third-order valence-electron chi connectivity index (χ3n) is 16.0. The standard InChI is InChI=1S/C41H66O18/c1-19-11-40-9-5-26-38(2,7-4-8-39(26,3)37(52)53)27(40)6-10-41(19,18-40)55-17-25-35(59-36-34(51)33(50)30(47)23(14-44)58-36)20(28(45)21(12-42)57-25)15-54-16-24-31(48)32(49)29(46)22(13-43)56-24/h20-36,42-51H,1,4-18H2,2-3H3,(H,52,53)/t20-,21?,22?,23?,24+,25+,26?,27+,28+,29-,30-,31?,32-,33-,34?,35?,36+,38-,39-,40-,41+/m1/s1. The number of carbonyl (C=O) groups is 1. The molecule has 18 heteroatoms. The molecule has 7 aliphatic rings. The summed E-state index contributed by atoms with van der Waals surface area (Å²) in [7, 11) is 0. The number of aliphatic hydroxyl groups excluding tert-OH is 10. The maximum atomic E-state index is 12.6. The normalized spacial score (nSPS) is 52.5. The quantitative estimate of drug-likeness (QED) is 0.0891. The molecule has 0 aromatic rings. The Morgan fingerprint density at radius 3 is 1.95 bits per heavy atom. The first-order valence-corrected chi connectivity index (χ1v) is 21.2. The molecule has 4 aliphatic carbocycles. The van der Waals surface area contributed by atoms with Gasteiger partial charge in [0.05, 0.1) is 62.9 Å². The lowest BCUT2D eigenvalue weighted by Gasteiger charge is -2.63. The van der Waals surface area contributed by atoms with Crippen molar-refractivity contribution in [1.29, 1.82) is 0 Å². The van der Waals surface area contributed by atoms with Crippen LogP contribution in [-0.4, -0.2) is 193 Å². The molecular weight excluding hydrogens is 780 g/mol. The lowest BCUT2D eigenvalue weighted by Crippen LogP contribution is -2.64. The number of carboxylic acids is 1. The molecule has 11 N–H and O–H groups in total. The molecule has 7 unspecified atom stereocenters. The highest BCUT2D eigenvalue weighted by Gasteiger charge is 2.68. The predicted octanol–water partition coefficient (Wildman–Crippen LogP) is -2.04. The van der Waals surface area contributed by atoms with Crippen LogP contribution in [0.5, 0.6) is 0 Å². The fraction of sp³-hybridized carbons (Fsp3) is 0.927. The Labute approximate surface area is 343 Å². The second kappa shape index (κ2) is 17.3. The van der Waals surface area contributed by atoms with Crippen molar-refractivity contribution in [2.24, 2.45) is 34.0 Å². The van der Waals surface area contributed by atoms with Crippen LogP contribution in [0.3, 0.4) is 0 Å². The van der Waals surface area contributed by atoms with Crippen molar-refractivity contribution in [3.63, 3.8) is 0 Å². The largest absolute Gasteiger partial charge is 0.481 e.